The van der Waals surface area contributed by atoms with Crippen LogP contribution in [-0.4, -0.2) is 35.0 Å². The molecule has 0 saturated carbocycles. The third-order valence-corrected chi connectivity index (χ3v) is 2.74. The number of hydrogen-bond acceptors (Lipinski definition) is 3. The van der Waals surface area contributed by atoms with E-state index in [2.05, 4.69) is 15.9 Å². The van der Waals surface area contributed by atoms with Crippen LogP contribution in [0.25, 0.3) is 0 Å². The molecule has 0 aliphatic heterocycles. The van der Waals surface area contributed by atoms with Crippen LogP contribution in [0.4, 0.5) is 4.39 Å². The molecule has 1 rings (SSSR count). The molecule has 0 aliphatic rings. The van der Waals surface area contributed by atoms with Gasteiger partial charge in [-0.25, -0.2) is 4.39 Å². The Morgan fingerprint density at radius 2 is 2.06 bits per heavy atom. The lowest BCUT2D eigenvalue weighted by molar-refractivity contribution is -0.138. The highest BCUT2D eigenvalue weighted by Gasteiger charge is 2.13. The number of rotatable bonds is 6. The Morgan fingerprint density at radius 1 is 1.39 bits per heavy atom. The van der Waals surface area contributed by atoms with Crippen molar-refractivity contribution in [1.82, 2.24) is 4.90 Å². The van der Waals surface area contributed by atoms with E-state index < -0.39 is 17.7 Å². The van der Waals surface area contributed by atoms with Crippen molar-refractivity contribution in [2.45, 2.75) is 6.54 Å². The number of carboxylic acid groups (broad SMARTS) is 1. The zero-order valence-electron chi connectivity index (χ0n) is 9.40. The standard InChI is InChI=1S/C11H12BrFN2O3/c12-8-3-7(1-2-9(8)13)4-15(5-10(14)16)6-11(17)18/h1-3H,4-6H2,(H2,14,16)(H,17,18). The molecule has 1 amide bonds. The number of carbonyl (C=O) groups is 2. The van der Waals surface area contributed by atoms with Gasteiger partial charge in [-0.05, 0) is 33.6 Å². The quantitative estimate of drug-likeness (QED) is 0.818. The molecule has 1 aromatic carbocycles. The van der Waals surface area contributed by atoms with Gasteiger partial charge in [0, 0.05) is 6.54 Å². The van der Waals surface area contributed by atoms with Crippen molar-refractivity contribution >= 4 is 27.8 Å². The summed E-state index contributed by atoms with van der Waals surface area (Å²) in [6.45, 7) is -0.270. The number of benzene rings is 1. The molecule has 0 bridgehead atoms. The Bertz CT molecular complexity index is 452. The first-order chi connectivity index (χ1) is 8.38. The number of halogens is 2. The highest BCUT2D eigenvalue weighted by atomic mass is 79.9. The number of carboxylic acids is 1. The van der Waals surface area contributed by atoms with Crippen molar-refractivity contribution in [3.05, 3.63) is 34.1 Å². The minimum Gasteiger partial charge on any atom is -0.480 e. The number of nitrogens with zero attached hydrogens (tertiary/aromatic N) is 1. The second-order valence-corrected chi connectivity index (χ2v) is 4.61. The zero-order chi connectivity index (χ0) is 13.7. The highest BCUT2D eigenvalue weighted by Crippen LogP contribution is 2.17. The SMILES string of the molecule is NC(=O)CN(CC(=O)O)Cc1ccc(F)c(Br)c1. The molecule has 0 unspecified atom stereocenters. The predicted molar refractivity (Wildman–Crippen MR) is 66.2 cm³/mol. The number of primary amides is 1. The molecule has 0 fully saturated rings. The summed E-state index contributed by atoms with van der Waals surface area (Å²) in [5.74, 6) is -2.08. The smallest absolute Gasteiger partial charge is 0.317 e. The van der Waals surface area contributed by atoms with Gasteiger partial charge in [-0.1, -0.05) is 6.07 Å². The van der Waals surface area contributed by atoms with Gasteiger partial charge in [-0.3, -0.25) is 14.5 Å². The Hall–Kier alpha value is -1.47. The molecule has 3 N–H and O–H groups in total. The molecule has 18 heavy (non-hydrogen) atoms. The van der Waals surface area contributed by atoms with Gasteiger partial charge < -0.3 is 10.8 Å². The first kappa shape index (κ1) is 14.6. The normalized spacial score (nSPS) is 10.6. The third-order valence-electron chi connectivity index (χ3n) is 2.13. The van der Waals surface area contributed by atoms with Crippen LogP contribution in [0.5, 0.6) is 0 Å². The van der Waals surface area contributed by atoms with Crippen molar-refractivity contribution < 1.29 is 19.1 Å². The molecule has 0 saturated heterocycles. The number of aliphatic carboxylic acids is 1. The maximum atomic E-state index is 13.0. The lowest BCUT2D eigenvalue weighted by Gasteiger charge is -2.18. The predicted octanol–water partition coefficient (Wildman–Crippen LogP) is 0.960. The molecule has 5 nitrogen and oxygen atoms in total. The van der Waals surface area contributed by atoms with Crippen LogP contribution in [0.15, 0.2) is 22.7 Å². The molecule has 0 aromatic heterocycles. The van der Waals surface area contributed by atoms with E-state index in [9.17, 15) is 14.0 Å². The molecular weight excluding hydrogens is 307 g/mol. The maximum absolute atomic E-state index is 13.0. The van der Waals surface area contributed by atoms with E-state index in [0.717, 1.165) is 0 Å². The summed E-state index contributed by atoms with van der Waals surface area (Å²) in [5.41, 5.74) is 5.72. The van der Waals surface area contributed by atoms with Crippen LogP contribution in [-0.2, 0) is 16.1 Å². The van der Waals surface area contributed by atoms with E-state index in [4.69, 9.17) is 10.8 Å². The molecule has 0 radical (unpaired) electrons. The summed E-state index contributed by atoms with van der Waals surface area (Å²) >= 11 is 3.04. The Balaban J connectivity index is 2.77. The van der Waals surface area contributed by atoms with Gasteiger partial charge in [-0.2, -0.15) is 0 Å². The van der Waals surface area contributed by atoms with Crippen molar-refractivity contribution in [2.24, 2.45) is 5.73 Å². The van der Waals surface area contributed by atoms with Crippen LogP contribution in [0.3, 0.4) is 0 Å². The van der Waals surface area contributed by atoms with Gasteiger partial charge in [-0.15, -0.1) is 0 Å². The molecule has 0 spiro atoms. The highest BCUT2D eigenvalue weighted by molar-refractivity contribution is 9.10. The van der Waals surface area contributed by atoms with Crippen LogP contribution < -0.4 is 5.73 Å². The fraction of sp³-hybridized carbons (Fsp3) is 0.273. The van der Waals surface area contributed by atoms with Crippen molar-refractivity contribution in [3.8, 4) is 0 Å². The van der Waals surface area contributed by atoms with E-state index >= 15 is 0 Å². The first-order valence-electron chi connectivity index (χ1n) is 5.05. The van der Waals surface area contributed by atoms with Gasteiger partial charge in [0.15, 0.2) is 0 Å². The van der Waals surface area contributed by atoms with E-state index in [1.54, 1.807) is 0 Å². The second kappa shape index (κ2) is 6.46. The van der Waals surface area contributed by atoms with E-state index in [-0.39, 0.29) is 24.1 Å². The molecule has 98 valence electrons. The first-order valence-corrected chi connectivity index (χ1v) is 5.84. The van der Waals surface area contributed by atoms with Crippen LogP contribution in [0.2, 0.25) is 0 Å². The number of nitrogens with two attached hydrogens (primary N) is 1. The maximum Gasteiger partial charge on any atom is 0.317 e. The largest absolute Gasteiger partial charge is 0.480 e. The monoisotopic (exact) mass is 318 g/mol. The summed E-state index contributed by atoms with van der Waals surface area (Å²) in [4.78, 5) is 22.8. The van der Waals surface area contributed by atoms with Crippen molar-refractivity contribution in [1.29, 1.82) is 0 Å². The second-order valence-electron chi connectivity index (χ2n) is 3.75. The Morgan fingerprint density at radius 3 is 2.56 bits per heavy atom. The van der Waals surface area contributed by atoms with E-state index in [0.29, 0.717) is 5.56 Å². The molecule has 1 aromatic rings. The van der Waals surface area contributed by atoms with E-state index in [1.165, 1.54) is 23.1 Å². The summed E-state index contributed by atoms with van der Waals surface area (Å²) in [6, 6.07) is 4.32. The van der Waals surface area contributed by atoms with Crippen LogP contribution >= 0.6 is 15.9 Å². The molecule has 7 heteroatoms. The summed E-state index contributed by atoms with van der Waals surface area (Å²) in [5, 5.41) is 8.71. The van der Waals surface area contributed by atoms with Crippen LogP contribution in [0.1, 0.15) is 5.56 Å². The fourth-order valence-electron chi connectivity index (χ4n) is 1.48. The number of carbonyl (C=O) groups excluding carboxylic acids is 1. The summed E-state index contributed by atoms with van der Waals surface area (Å²) in [6.07, 6.45) is 0. The average molecular weight is 319 g/mol. The Labute approximate surface area is 112 Å². The van der Waals surface area contributed by atoms with Gasteiger partial charge in [0.05, 0.1) is 17.6 Å². The van der Waals surface area contributed by atoms with Gasteiger partial charge in [0.25, 0.3) is 0 Å². The van der Waals surface area contributed by atoms with Crippen molar-refractivity contribution in [2.75, 3.05) is 13.1 Å². The summed E-state index contributed by atoms with van der Waals surface area (Å²) in [7, 11) is 0. The minimum atomic E-state index is -1.06. The van der Waals surface area contributed by atoms with Crippen LogP contribution in [0, 0.1) is 5.82 Å². The molecule has 0 aliphatic carbocycles. The zero-order valence-corrected chi connectivity index (χ0v) is 11.0. The lowest BCUT2D eigenvalue weighted by atomic mass is 10.2. The topological polar surface area (TPSA) is 83.6 Å². The fourth-order valence-corrected chi connectivity index (χ4v) is 1.90. The molecule has 0 atom stereocenters. The Kier molecular flexibility index (Phi) is 5.24. The molecule has 0 heterocycles. The third kappa shape index (κ3) is 4.80. The summed E-state index contributed by atoms with van der Waals surface area (Å²) < 4.78 is 13.3. The van der Waals surface area contributed by atoms with E-state index in [1.807, 2.05) is 0 Å². The number of amides is 1. The number of hydrogen-bond donors (Lipinski definition) is 2. The minimum absolute atomic E-state index is 0.165. The van der Waals surface area contributed by atoms with Gasteiger partial charge >= 0.3 is 5.97 Å². The van der Waals surface area contributed by atoms with Crippen molar-refractivity contribution in [3.63, 3.8) is 0 Å². The van der Waals surface area contributed by atoms with Gasteiger partial charge in [0.1, 0.15) is 5.82 Å². The van der Waals surface area contributed by atoms with Gasteiger partial charge in [0.2, 0.25) is 5.91 Å². The lowest BCUT2D eigenvalue weighted by Crippen LogP contribution is -2.36. The molecular formula is C11H12BrFN2O3. The average Bonchev–Trinajstić information content (AvgIpc) is 2.21.